The second-order valence-corrected chi connectivity index (χ2v) is 8.55. The van der Waals surface area contributed by atoms with Crippen molar-refractivity contribution in [2.75, 3.05) is 4.90 Å². The zero-order chi connectivity index (χ0) is 23.0. The van der Waals surface area contributed by atoms with Crippen LogP contribution in [0.1, 0.15) is 53.6 Å². The number of hydrogen-bond acceptors (Lipinski definition) is 4. The molecule has 1 atom stereocenters. The molecular formula is C27H26N2O3. The molecule has 1 aliphatic heterocycles. The number of nitrogens with zero attached hydrogens (tertiary/aromatic N) is 2. The lowest BCUT2D eigenvalue weighted by Gasteiger charge is -2.25. The summed E-state index contributed by atoms with van der Waals surface area (Å²) in [5, 5.41) is 11.1. The smallest absolute Gasteiger partial charge is 0.301 e. The van der Waals surface area contributed by atoms with E-state index in [0.29, 0.717) is 17.3 Å². The molecule has 1 aromatic heterocycles. The molecule has 1 fully saturated rings. The van der Waals surface area contributed by atoms with E-state index in [9.17, 15) is 14.7 Å². The van der Waals surface area contributed by atoms with Crippen molar-refractivity contribution in [3.63, 3.8) is 0 Å². The molecule has 5 heteroatoms. The number of ketones is 1. The second-order valence-electron chi connectivity index (χ2n) is 8.55. The number of hydrogen-bond donors (Lipinski definition) is 1. The van der Waals surface area contributed by atoms with Crippen LogP contribution in [0.5, 0.6) is 0 Å². The molecular weight excluding hydrogens is 400 g/mol. The van der Waals surface area contributed by atoms with Crippen molar-refractivity contribution < 1.29 is 14.7 Å². The topological polar surface area (TPSA) is 70.5 Å². The highest BCUT2D eigenvalue weighted by Crippen LogP contribution is 2.41. The summed E-state index contributed by atoms with van der Waals surface area (Å²) < 4.78 is 0. The number of pyridine rings is 1. The molecule has 0 saturated carbocycles. The van der Waals surface area contributed by atoms with E-state index in [1.807, 2.05) is 56.3 Å². The van der Waals surface area contributed by atoms with E-state index < -0.39 is 17.7 Å². The van der Waals surface area contributed by atoms with Crippen LogP contribution in [-0.4, -0.2) is 21.8 Å². The molecule has 1 N–H and O–H groups in total. The van der Waals surface area contributed by atoms with Crippen LogP contribution in [0, 0.1) is 13.8 Å². The van der Waals surface area contributed by atoms with Gasteiger partial charge in [-0.3, -0.25) is 14.5 Å². The summed E-state index contributed by atoms with van der Waals surface area (Å²) in [5.41, 5.74) is 4.43. The fraction of sp³-hybridized carbons (Fsp3) is 0.222. The normalized spacial score (nSPS) is 17.9. The summed E-state index contributed by atoms with van der Waals surface area (Å²) in [6, 6.07) is 17.8. The maximum absolute atomic E-state index is 13.2. The molecule has 0 spiro atoms. The lowest BCUT2D eigenvalue weighted by atomic mass is 9.93. The fourth-order valence-corrected chi connectivity index (χ4v) is 3.92. The molecule has 32 heavy (non-hydrogen) atoms. The minimum Gasteiger partial charge on any atom is -0.507 e. The van der Waals surface area contributed by atoms with Gasteiger partial charge in [0.25, 0.3) is 5.78 Å². The third kappa shape index (κ3) is 3.82. The monoisotopic (exact) mass is 426 g/mol. The van der Waals surface area contributed by atoms with E-state index in [2.05, 4.69) is 18.8 Å². The van der Waals surface area contributed by atoms with E-state index in [4.69, 9.17) is 0 Å². The molecule has 0 bridgehead atoms. The van der Waals surface area contributed by atoms with Crippen LogP contribution in [0.3, 0.4) is 0 Å². The Hall–Kier alpha value is -3.73. The lowest BCUT2D eigenvalue weighted by molar-refractivity contribution is -0.132. The highest BCUT2D eigenvalue weighted by Gasteiger charge is 2.47. The predicted octanol–water partition coefficient (Wildman–Crippen LogP) is 5.45. The molecule has 5 nitrogen and oxygen atoms in total. The summed E-state index contributed by atoms with van der Waals surface area (Å²) in [7, 11) is 0. The summed E-state index contributed by atoms with van der Waals surface area (Å²) in [4.78, 5) is 32.1. The maximum atomic E-state index is 13.2. The van der Waals surface area contributed by atoms with E-state index in [1.165, 1.54) is 4.90 Å². The van der Waals surface area contributed by atoms with Gasteiger partial charge in [0.1, 0.15) is 11.6 Å². The first-order chi connectivity index (χ1) is 15.3. The Balaban J connectivity index is 1.91. The van der Waals surface area contributed by atoms with Crippen LogP contribution in [0.2, 0.25) is 0 Å². The fourth-order valence-electron chi connectivity index (χ4n) is 3.92. The van der Waals surface area contributed by atoms with Gasteiger partial charge in [0.2, 0.25) is 0 Å². The van der Waals surface area contributed by atoms with Crippen molar-refractivity contribution in [1.82, 2.24) is 4.98 Å². The third-order valence-electron chi connectivity index (χ3n) is 5.83. The average Bonchev–Trinajstić information content (AvgIpc) is 3.05. The molecule has 1 amide bonds. The number of aryl methyl sites for hydroxylation is 2. The molecule has 3 aromatic rings. The van der Waals surface area contributed by atoms with E-state index >= 15 is 0 Å². The van der Waals surface area contributed by atoms with Gasteiger partial charge in [-0.05, 0) is 42.5 Å². The van der Waals surface area contributed by atoms with Crippen molar-refractivity contribution >= 4 is 23.3 Å². The minimum absolute atomic E-state index is 0.0681. The number of aliphatic hydroxyl groups is 1. The quantitative estimate of drug-likeness (QED) is 0.342. The van der Waals surface area contributed by atoms with Crippen LogP contribution >= 0.6 is 0 Å². The Kier molecular flexibility index (Phi) is 5.66. The summed E-state index contributed by atoms with van der Waals surface area (Å²) in [6.07, 6.45) is 1.66. The average molecular weight is 427 g/mol. The first kappa shape index (κ1) is 21.5. The molecule has 1 unspecified atom stereocenters. The molecule has 0 aliphatic carbocycles. The maximum Gasteiger partial charge on any atom is 0.301 e. The van der Waals surface area contributed by atoms with Crippen LogP contribution in [0.25, 0.3) is 5.76 Å². The zero-order valence-corrected chi connectivity index (χ0v) is 18.7. The van der Waals surface area contributed by atoms with Crippen LogP contribution < -0.4 is 4.90 Å². The largest absolute Gasteiger partial charge is 0.507 e. The third-order valence-corrected chi connectivity index (χ3v) is 5.83. The molecule has 162 valence electrons. The number of anilines is 1. The standard InChI is InChI=1S/C27H26N2O3/c1-16(2)19-10-12-20(13-11-19)24-23(25(30)21-8-5-17(3)6-9-21)26(31)27(32)29(24)22-14-7-18(4)15-28-22/h5-16,24,30H,1-4H3. The second kappa shape index (κ2) is 8.42. The number of aliphatic hydroxyl groups excluding tert-OH is 1. The van der Waals surface area contributed by atoms with E-state index in [-0.39, 0.29) is 11.3 Å². The Morgan fingerprint density at radius 1 is 0.906 bits per heavy atom. The van der Waals surface area contributed by atoms with Gasteiger partial charge < -0.3 is 5.11 Å². The molecule has 4 rings (SSSR count). The van der Waals surface area contributed by atoms with Crippen LogP contribution in [0.15, 0.2) is 72.4 Å². The summed E-state index contributed by atoms with van der Waals surface area (Å²) in [6.45, 7) is 8.07. The van der Waals surface area contributed by atoms with Gasteiger partial charge in [-0.1, -0.05) is 74.0 Å². The Morgan fingerprint density at radius 2 is 1.53 bits per heavy atom. The van der Waals surface area contributed by atoms with Crippen molar-refractivity contribution in [3.05, 3.63) is 100 Å². The van der Waals surface area contributed by atoms with E-state index in [0.717, 1.165) is 22.3 Å². The summed E-state index contributed by atoms with van der Waals surface area (Å²) in [5.74, 6) is -0.882. The highest BCUT2D eigenvalue weighted by molar-refractivity contribution is 6.51. The van der Waals surface area contributed by atoms with Crippen molar-refractivity contribution in [2.45, 2.75) is 39.7 Å². The minimum atomic E-state index is -0.771. The van der Waals surface area contributed by atoms with Crippen LogP contribution in [0.4, 0.5) is 5.82 Å². The number of rotatable bonds is 4. The number of Topliss-reactive ketones (excluding diaryl/α,β-unsaturated/α-hetero) is 1. The van der Waals surface area contributed by atoms with E-state index in [1.54, 1.807) is 24.4 Å². The Morgan fingerprint density at radius 3 is 2.09 bits per heavy atom. The first-order valence-electron chi connectivity index (χ1n) is 10.7. The van der Waals surface area contributed by atoms with Gasteiger partial charge in [0, 0.05) is 11.8 Å². The number of aromatic nitrogens is 1. The Bertz CT molecular complexity index is 1190. The molecule has 0 radical (unpaired) electrons. The lowest BCUT2D eigenvalue weighted by Crippen LogP contribution is -2.30. The zero-order valence-electron chi connectivity index (χ0n) is 18.7. The van der Waals surface area contributed by atoms with Gasteiger partial charge in [0.15, 0.2) is 0 Å². The molecule has 2 heterocycles. The van der Waals surface area contributed by atoms with Gasteiger partial charge in [-0.2, -0.15) is 0 Å². The summed E-state index contributed by atoms with van der Waals surface area (Å²) >= 11 is 0. The number of amides is 1. The van der Waals surface area contributed by atoms with Gasteiger partial charge in [0.05, 0.1) is 11.6 Å². The number of carbonyl (C=O) groups is 2. The van der Waals surface area contributed by atoms with Gasteiger partial charge in [-0.15, -0.1) is 0 Å². The predicted molar refractivity (Wildman–Crippen MR) is 125 cm³/mol. The van der Waals surface area contributed by atoms with Crippen molar-refractivity contribution in [2.24, 2.45) is 0 Å². The molecule has 1 saturated heterocycles. The Labute approximate surface area is 188 Å². The first-order valence-corrected chi connectivity index (χ1v) is 10.7. The molecule has 1 aliphatic rings. The van der Waals surface area contributed by atoms with Gasteiger partial charge >= 0.3 is 5.91 Å². The van der Waals surface area contributed by atoms with Crippen molar-refractivity contribution in [1.29, 1.82) is 0 Å². The SMILES string of the molecule is Cc1ccc(C(O)=C2C(=O)C(=O)N(c3ccc(C)cn3)C2c2ccc(C(C)C)cc2)cc1. The number of benzene rings is 2. The van der Waals surface area contributed by atoms with Crippen LogP contribution in [-0.2, 0) is 9.59 Å². The van der Waals surface area contributed by atoms with Crippen molar-refractivity contribution in [3.8, 4) is 0 Å². The highest BCUT2D eigenvalue weighted by atomic mass is 16.3. The van der Waals surface area contributed by atoms with Gasteiger partial charge in [-0.25, -0.2) is 4.98 Å². The number of carbonyl (C=O) groups excluding carboxylic acids is 2. The molecule has 2 aromatic carbocycles.